The minimum absolute atomic E-state index is 0.230. The van der Waals surface area contributed by atoms with E-state index in [4.69, 9.17) is 0 Å². The van der Waals surface area contributed by atoms with Crippen LogP contribution in [0.3, 0.4) is 0 Å². The maximum atomic E-state index is 10.0. The molecule has 0 saturated heterocycles. The van der Waals surface area contributed by atoms with Gasteiger partial charge in [0.15, 0.2) is 0 Å². The van der Waals surface area contributed by atoms with Crippen LogP contribution in [-0.2, 0) is 30.9 Å². The fourth-order valence-electron chi connectivity index (χ4n) is 1.48. The average Bonchev–Trinajstić information content (AvgIpc) is 2.29. The second-order valence-corrected chi connectivity index (χ2v) is 7.20. The van der Waals surface area contributed by atoms with Crippen molar-refractivity contribution in [3.8, 4) is 0 Å². The standard InChI is InChI=1S/C10H20O2.C4H9.Hg/c1-2-3-4-5-6-7-8-9-10(11)12;1-3-4-2;/h2-9H2,1H3,(H,11,12);1,3-4H2,2H3;/q;;+1/p-1. The first-order chi connectivity index (χ1) is 8.18. The SMILES string of the molecule is CCCCCCCCCC(=O)[O-].CCC[CH2][Hg+]. The van der Waals surface area contributed by atoms with Crippen molar-refractivity contribution in [1.82, 2.24) is 0 Å². The first kappa shape index (κ1) is 19.7. The normalized spacial score (nSPS) is 9.65. The molecule has 0 aliphatic rings. The van der Waals surface area contributed by atoms with E-state index in [0.717, 1.165) is 39.0 Å². The summed E-state index contributed by atoms with van der Waals surface area (Å²) in [4.78, 5) is 10.0. The molecule has 0 aliphatic heterocycles. The van der Waals surface area contributed by atoms with Gasteiger partial charge in [0.1, 0.15) is 0 Å². The third-order valence-electron chi connectivity index (χ3n) is 2.59. The molecule has 0 heterocycles. The number of carboxylic acids is 1. The molecule has 0 unspecified atom stereocenters. The Labute approximate surface area is 124 Å². The Kier molecular flexibility index (Phi) is 21.8. The van der Waals surface area contributed by atoms with Gasteiger partial charge in [-0.1, -0.05) is 45.4 Å². The molecule has 0 spiro atoms. The van der Waals surface area contributed by atoms with Crippen molar-refractivity contribution in [3.63, 3.8) is 0 Å². The van der Waals surface area contributed by atoms with Crippen molar-refractivity contribution in [2.24, 2.45) is 0 Å². The number of carbonyl (C=O) groups is 1. The molecule has 3 heteroatoms. The van der Waals surface area contributed by atoms with E-state index in [-0.39, 0.29) is 6.42 Å². The first-order valence-corrected chi connectivity index (χ1v) is 11.1. The molecule has 0 fully saturated rings. The molecule has 0 aromatic carbocycles. The maximum absolute atomic E-state index is 10.0. The molecule has 0 bridgehead atoms. The summed E-state index contributed by atoms with van der Waals surface area (Å²) in [5, 5.41) is 10.0. The van der Waals surface area contributed by atoms with Crippen molar-refractivity contribution in [3.05, 3.63) is 0 Å². The van der Waals surface area contributed by atoms with E-state index in [1.807, 2.05) is 0 Å². The Morgan fingerprint density at radius 1 is 0.882 bits per heavy atom. The van der Waals surface area contributed by atoms with Gasteiger partial charge in [0.2, 0.25) is 0 Å². The quantitative estimate of drug-likeness (QED) is 0.394. The number of carbonyl (C=O) groups excluding carboxylic acids is 1. The fourth-order valence-corrected chi connectivity index (χ4v) is 3.42. The van der Waals surface area contributed by atoms with Crippen LogP contribution >= 0.6 is 0 Å². The summed E-state index contributed by atoms with van der Waals surface area (Å²) in [5.74, 6) is -0.913. The van der Waals surface area contributed by atoms with Gasteiger partial charge in [0.05, 0.1) is 0 Å². The molecule has 98 valence electrons. The zero-order valence-corrected chi connectivity index (χ0v) is 17.3. The van der Waals surface area contributed by atoms with Gasteiger partial charge in [-0.15, -0.1) is 0 Å². The molecule has 0 N–H and O–H groups in total. The predicted octanol–water partition coefficient (Wildman–Crippen LogP) is 3.63. The van der Waals surface area contributed by atoms with Gasteiger partial charge in [0, 0.05) is 5.97 Å². The topological polar surface area (TPSA) is 40.1 Å². The molecule has 0 amide bonds. The third kappa shape index (κ3) is 26.2. The van der Waals surface area contributed by atoms with Crippen molar-refractivity contribution in [1.29, 1.82) is 0 Å². The van der Waals surface area contributed by atoms with Crippen LogP contribution in [0.25, 0.3) is 0 Å². The Bertz CT molecular complexity index is 147. The van der Waals surface area contributed by atoms with Crippen LogP contribution in [0.1, 0.15) is 78.1 Å². The molecule has 0 radical (unpaired) electrons. The molecule has 2 nitrogen and oxygen atoms in total. The summed E-state index contributed by atoms with van der Waals surface area (Å²) in [5.41, 5.74) is 0. The van der Waals surface area contributed by atoms with Crippen LogP contribution < -0.4 is 5.11 Å². The van der Waals surface area contributed by atoms with Crippen LogP contribution in [0, 0.1) is 0 Å². The number of rotatable bonds is 10. The van der Waals surface area contributed by atoms with Crippen LogP contribution in [0.5, 0.6) is 0 Å². The van der Waals surface area contributed by atoms with Crippen LogP contribution in [-0.4, -0.2) is 5.97 Å². The Morgan fingerprint density at radius 2 is 1.35 bits per heavy atom. The zero-order chi connectivity index (χ0) is 13.4. The van der Waals surface area contributed by atoms with E-state index < -0.39 is 5.97 Å². The summed E-state index contributed by atoms with van der Waals surface area (Å²) >= 11 is 1.07. The van der Waals surface area contributed by atoms with Crippen molar-refractivity contribution < 1.29 is 36.0 Å². The van der Waals surface area contributed by atoms with E-state index in [1.54, 1.807) is 0 Å². The van der Waals surface area contributed by atoms with Gasteiger partial charge in [0.25, 0.3) is 0 Å². The van der Waals surface area contributed by atoms with Crippen molar-refractivity contribution in [2.45, 2.75) is 82.0 Å². The summed E-state index contributed by atoms with van der Waals surface area (Å²) in [7, 11) is 0. The van der Waals surface area contributed by atoms with Crippen LogP contribution in [0.4, 0.5) is 0 Å². The summed E-state index contributed by atoms with van der Waals surface area (Å²) in [6.45, 7) is 4.43. The predicted molar refractivity (Wildman–Crippen MR) is 67.3 cm³/mol. The fraction of sp³-hybridized carbons (Fsp3) is 0.929. The van der Waals surface area contributed by atoms with E-state index >= 15 is 0 Å². The van der Waals surface area contributed by atoms with Gasteiger partial charge >= 0.3 is 49.8 Å². The van der Waals surface area contributed by atoms with Gasteiger partial charge < -0.3 is 9.90 Å². The molecular weight excluding hydrogens is 401 g/mol. The first-order valence-electron chi connectivity index (χ1n) is 7.18. The van der Waals surface area contributed by atoms with Gasteiger partial charge in [-0.05, 0) is 12.8 Å². The van der Waals surface area contributed by atoms with Gasteiger partial charge in [-0.25, -0.2) is 0 Å². The number of hydrogen-bond acceptors (Lipinski definition) is 2. The third-order valence-corrected chi connectivity index (χ3v) is 4.53. The number of hydrogen-bond donors (Lipinski definition) is 0. The number of unbranched alkanes of at least 4 members (excludes halogenated alkanes) is 7. The van der Waals surface area contributed by atoms with Crippen LogP contribution in [0.2, 0.25) is 3.93 Å². The molecule has 0 aliphatic carbocycles. The molecular formula is C14H28HgO2. The molecule has 17 heavy (non-hydrogen) atoms. The summed E-state index contributed by atoms with van der Waals surface area (Å²) in [6.07, 6.45) is 11.2. The Balaban J connectivity index is 0. The summed E-state index contributed by atoms with van der Waals surface area (Å²) in [6, 6.07) is 0. The number of carboxylic acid groups (broad SMARTS) is 1. The monoisotopic (exact) mass is 430 g/mol. The summed E-state index contributed by atoms with van der Waals surface area (Å²) < 4.78 is 1.54. The zero-order valence-electron chi connectivity index (χ0n) is 11.8. The Morgan fingerprint density at radius 3 is 1.71 bits per heavy atom. The average molecular weight is 429 g/mol. The molecule has 0 aromatic heterocycles. The van der Waals surface area contributed by atoms with Gasteiger partial charge in [-0.2, -0.15) is 0 Å². The van der Waals surface area contributed by atoms with E-state index in [2.05, 4.69) is 13.8 Å². The Hall–Kier alpha value is 0.405. The molecule has 0 aromatic rings. The van der Waals surface area contributed by atoms with Crippen molar-refractivity contribution >= 4 is 5.97 Å². The minimum atomic E-state index is -0.913. The van der Waals surface area contributed by atoms with E-state index in [0.29, 0.717) is 0 Å². The van der Waals surface area contributed by atoms with E-state index in [1.165, 1.54) is 48.9 Å². The van der Waals surface area contributed by atoms with E-state index in [9.17, 15) is 9.90 Å². The molecule has 0 atom stereocenters. The van der Waals surface area contributed by atoms with Crippen molar-refractivity contribution in [2.75, 3.05) is 0 Å². The van der Waals surface area contributed by atoms with Crippen LogP contribution in [0.15, 0.2) is 0 Å². The second-order valence-electron chi connectivity index (χ2n) is 4.45. The second kappa shape index (κ2) is 18.8. The molecule has 0 rings (SSSR count). The van der Waals surface area contributed by atoms with Gasteiger partial charge in [-0.3, -0.25) is 0 Å². The molecule has 0 saturated carbocycles. The number of aliphatic carboxylic acids is 1.